The van der Waals surface area contributed by atoms with Crippen molar-refractivity contribution in [3.05, 3.63) is 29.8 Å². The molecule has 0 aliphatic carbocycles. The maximum atomic E-state index is 12.5. The Morgan fingerprint density at radius 1 is 1.07 bits per heavy atom. The number of nitrogens with one attached hydrogen (secondary N) is 1. The number of amides is 1. The van der Waals surface area contributed by atoms with Crippen LogP contribution in [0, 0.1) is 0 Å². The first kappa shape index (κ1) is 21.2. The van der Waals surface area contributed by atoms with Crippen molar-refractivity contribution in [1.29, 1.82) is 0 Å². The molecule has 1 fully saturated rings. The van der Waals surface area contributed by atoms with Gasteiger partial charge in [0.25, 0.3) is 5.91 Å². The van der Waals surface area contributed by atoms with E-state index in [1.54, 1.807) is 5.32 Å². The van der Waals surface area contributed by atoms with Gasteiger partial charge in [-0.3, -0.25) is 4.79 Å². The number of hydrogen-bond acceptors (Lipinski definition) is 5. The lowest BCUT2D eigenvalue weighted by atomic mass is 10.2. The Balaban J connectivity index is 1.92. The largest absolute Gasteiger partial charge is 0.452 e. The molecule has 1 aliphatic rings. The van der Waals surface area contributed by atoms with E-state index in [0.29, 0.717) is 13.1 Å². The van der Waals surface area contributed by atoms with Crippen LogP contribution in [0.1, 0.15) is 29.6 Å². The number of nitrogens with zero attached hydrogens (tertiary/aromatic N) is 1. The molecule has 27 heavy (non-hydrogen) atoms. The topological polar surface area (TPSA) is 92.8 Å². The number of hydrogen-bond donors (Lipinski definition) is 1. The monoisotopic (exact) mass is 408 g/mol. The highest BCUT2D eigenvalue weighted by molar-refractivity contribution is 7.89. The first-order valence-electron chi connectivity index (χ1n) is 8.20. The Hall–Kier alpha value is -2.14. The molecule has 1 aliphatic heterocycles. The van der Waals surface area contributed by atoms with Gasteiger partial charge in [0.05, 0.1) is 10.5 Å². The van der Waals surface area contributed by atoms with Gasteiger partial charge in [0, 0.05) is 13.1 Å². The number of sulfonamides is 1. The Morgan fingerprint density at radius 2 is 1.67 bits per heavy atom. The minimum atomic E-state index is -4.56. The van der Waals surface area contributed by atoms with Gasteiger partial charge in [-0.2, -0.15) is 17.5 Å². The average molecular weight is 408 g/mol. The summed E-state index contributed by atoms with van der Waals surface area (Å²) in [6, 6.07) is 4.97. The summed E-state index contributed by atoms with van der Waals surface area (Å²) in [6.45, 7) is -1.51. The first-order valence-corrected chi connectivity index (χ1v) is 9.64. The summed E-state index contributed by atoms with van der Waals surface area (Å²) in [5.74, 6) is -2.04. The molecule has 0 saturated carbocycles. The number of piperidine rings is 1. The van der Waals surface area contributed by atoms with Crippen molar-refractivity contribution in [1.82, 2.24) is 9.62 Å². The zero-order valence-corrected chi connectivity index (χ0v) is 15.1. The van der Waals surface area contributed by atoms with Crippen molar-refractivity contribution in [3.63, 3.8) is 0 Å². The molecule has 1 amide bonds. The molecule has 1 heterocycles. The first-order chi connectivity index (χ1) is 12.6. The molecule has 0 bridgehead atoms. The Kier molecular flexibility index (Phi) is 6.82. The highest BCUT2D eigenvalue weighted by atomic mass is 32.2. The number of carbonyl (C=O) groups is 2. The van der Waals surface area contributed by atoms with E-state index in [1.165, 1.54) is 28.6 Å². The third kappa shape index (κ3) is 6.21. The minimum absolute atomic E-state index is 0.0174. The molecule has 0 aromatic heterocycles. The van der Waals surface area contributed by atoms with Gasteiger partial charge in [-0.15, -0.1) is 0 Å². The number of carbonyl (C=O) groups excluding carboxylic acids is 2. The van der Waals surface area contributed by atoms with Gasteiger partial charge in [0.2, 0.25) is 10.0 Å². The molecule has 0 unspecified atom stereocenters. The molecule has 2 rings (SSSR count). The van der Waals surface area contributed by atoms with Gasteiger partial charge in [-0.05, 0) is 37.1 Å². The van der Waals surface area contributed by atoms with Crippen LogP contribution in [-0.4, -0.2) is 57.0 Å². The fraction of sp³-hybridized carbons (Fsp3) is 0.500. The van der Waals surface area contributed by atoms with Crippen molar-refractivity contribution < 1.29 is 35.9 Å². The number of benzene rings is 1. The summed E-state index contributed by atoms with van der Waals surface area (Å²) in [5, 5.41) is 1.57. The fourth-order valence-electron chi connectivity index (χ4n) is 2.48. The average Bonchev–Trinajstić information content (AvgIpc) is 2.64. The van der Waals surface area contributed by atoms with Crippen LogP contribution in [-0.2, 0) is 19.6 Å². The van der Waals surface area contributed by atoms with Crippen molar-refractivity contribution in [2.75, 3.05) is 26.2 Å². The molecule has 1 aromatic carbocycles. The van der Waals surface area contributed by atoms with Crippen molar-refractivity contribution in [3.8, 4) is 0 Å². The molecular weight excluding hydrogens is 389 g/mol. The van der Waals surface area contributed by atoms with Crippen LogP contribution in [0.2, 0.25) is 0 Å². The van der Waals surface area contributed by atoms with Crippen LogP contribution in [0.25, 0.3) is 0 Å². The highest BCUT2D eigenvalue weighted by Crippen LogP contribution is 2.21. The van der Waals surface area contributed by atoms with Crippen molar-refractivity contribution in [2.24, 2.45) is 0 Å². The third-order valence-corrected chi connectivity index (χ3v) is 5.78. The van der Waals surface area contributed by atoms with Crippen LogP contribution < -0.4 is 5.32 Å². The number of rotatable bonds is 6. The molecule has 11 heteroatoms. The molecule has 1 saturated heterocycles. The third-order valence-electron chi connectivity index (χ3n) is 3.86. The van der Waals surface area contributed by atoms with E-state index < -0.39 is 41.2 Å². The van der Waals surface area contributed by atoms with Crippen LogP contribution in [0.3, 0.4) is 0 Å². The summed E-state index contributed by atoms with van der Waals surface area (Å²) in [7, 11) is -3.64. The van der Waals surface area contributed by atoms with Crippen LogP contribution in [0.4, 0.5) is 13.2 Å². The Bertz CT molecular complexity index is 772. The van der Waals surface area contributed by atoms with Gasteiger partial charge in [0.15, 0.2) is 6.61 Å². The quantitative estimate of drug-likeness (QED) is 0.724. The second kappa shape index (κ2) is 8.70. The highest BCUT2D eigenvalue weighted by Gasteiger charge is 2.28. The SMILES string of the molecule is O=C(COC(=O)c1ccc(S(=O)(=O)N2CCCCC2)cc1)NCC(F)(F)F. The van der Waals surface area contributed by atoms with E-state index in [9.17, 15) is 31.2 Å². The van der Waals surface area contributed by atoms with Crippen LogP contribution in [0.5, 0.6) is 0 Å². The molecule has 0 atom stereocenters. The van der Waals surface area contributed by atoms with E-state index in [-0.39, 0.29) is 10.5 Å². The smallest absolute Gasteiger partial charge is 0.405 e. The summed E-state index contributed by atoms with van der Waals surface area (Å²) < 4.78 is 66.9. The number of ether oxygens (including phenoxy) is 1. The van der Waals surface area contributed by atoms with Gasteiger partial charge >= 0.3 is 12.1 Å². The van der Waals surface area contributed by atoms with E-state index >= 15 is 0 Å². The molecule has 150 valence electrons. The maximum absolute atomic E-state index is 12.5. The summed E-state index contributed by atoms with van der Waals surface area (Å²) >= 11 is 0. The molecular formula is C16H19F3N2O5S. The van der Waals surface area contributed by atoms with Crippen LogP contribution in [0.15, 0.2) is 29.2 Å². The lowest BCUT2D eigenvalue weighted by molar-refractivity contribution is -0.140. The Labute approximate surface area is 154 Å². The lowest BCUT2D eigenvalue weighted by Gasteiger charge is -2.25. The predicted molar refractivity (Wildman–Crippen MR) is 88.4 cm³/mol. The second-order valence-electron chi connectivity index (χ2n) is 5.96. The molecule has 1 N–H and O–H groups in total. The molecule has 0 spiro atoms. The van der Waals surface area contributed by atoms with Gasteiger partial charge in [0.1, 0.15) is 6.54 Å². The number of esters is 1. The lowest BCUT2D eigenvalue weighted by Crippen LogP contribution is -2.36. The Morgan fingerprint density at radius 3 is 2.22 bits per heavy atom. The van der Waals surface area contributed by atoms with E-state index in [1.807, 2.05) is 0 Å². The zero-order chi connectivity index (χ0) is 20.1. The molecule has 0 radical (unpaired) electrons. The summed E-state index contributed by atoms with van der Waals surface area (Å²) in [5.41, 5.74) is -0.0174. The fourth-order valence-corrected chi connectivity index (χ4v) is 4.00. The molecule has 1 aromatic rings. The minimum Gasteiger partial charge on any atom is -0.452 e. The normalized spacial score (nSPS) is 16.0. The number of alkyl halides is 3. The van der Waals surface area contributed by atoms with E-state index in [4.69, 9.17) is 0 Å². The van der Waals surface area contributed by atoms with Crippen LogP contribution >= 0.6 is 0 Å². The summed E-state index contributed by atoms with van der Waals surface area (Å²) in [6.07, 6.45) is -2.00. The zero-order valence-electron chi connectivity index (χ0n) is 14.3. The molecule has 7 nitrogen and oxygen atoms in total. The number of halogens is 3. The maximum Gasteiger partial charge on any atom is 0.405 e. The van der Waals surface area contributed by atoms with E-state index in [0.717, 1.165) is 19.3 Å². The van der Waals surface area contributed by atoms with Gasteiger partial charge in [-0.1, -0.05) is 6.42 Å². The van der Waals surface area contributed by atoms with E-state index in [2.05, 4.69) is 4.74 Å². The summed E-state index contributed by atoms with van der Waals surface area (Å²) in [4.78, 5) is 23.1. The predicted octanol–water partition coefficient (Wildman–Crippen LogP) is 1.70. The van der Waals surface area contributed by atoms with Crippen molar-refractivity contribution in [2.45, 2.75) is 30.3 Å². The van der Waals surface area contributed by atoms with Gasteiger partial charge < -0.3 is 10.1 Å². The van der Waals surface area contributed by atoms with Crippen molar-refractivity contribution >= 4 is 21.9 Å². The standard InChI is InChI=1S/C16H19F3N2O5S/c17-16(18,19)11-20-14(22)10-26-15(23)12-4-6-13(7-5-12)27(24,25)21-8-2-1-3-9-21/h4-7H,1-3,8-11H2,(H,20,22). The second-order valence-corrected chi connectivity index (χ2v) is 7.90. The van der Waals surface area contributed by atoms with Gasteiger partial charge in [-0.25, -0.2) is 13.2 Å².